The normalized spacial score (nSPS) is 15.8. The molecule has 3 rings (SSSR count). The molecule has 124 valence electrons. The molecule has 2 aromatic carbocycles. The monoisotopic (exact) mass is 326 g/mol. The molecule has 0 aromatic heterocycles. The number of anilines is 1. The van der Waals surface area contributed by atoms with Crippen LogP contribution in [0.5, 0.6) is 11.5 Å². The summed E-state index contributed by atoms with van der Waals surface area (Å²) in [5.74, 6) is 0.812. The number of benzene rings is 2. The maximum absolute atomic E-state index is 12.3. The molecule has 0 saturated carbocycles. The highest BCUT2D eigenvalue weighted by atomic mass is 16.5. The molecule has 0 saturated heterocycles. The Morgan fingerprint density at radius 2 is 2.08 bits per heavy atom. The number of nitrogens with one attached hydrogen (secondary N) is 2. The molecule has 1 unspecified atom stereocenters. The Hall–Kier alpha value is -3.02. The van der Waals surface area contributed by atoms with Crippen molar-refractivity contribution < 1.29 is 19.1 Å². The number of hydrogen-bond acceptors (Lipinski definition) is 4. The third kappa shape index (κ3) is 3.17. The van der Waals surface area contributed by atoms with Crippen molar-refractivity contribution in [1.29, 1.82) is 0 Å². The number of carbonyl (C=O) groups excluding carboxylic acids is 2. The van der Waals surface area contributed by atoms with Crippen LogP contribution in [0.2, 0.25) is 0 Å². The van der Waals surface area contributed by atoms with Crippen LogP contribution in [0.4, 0.5) is 5.69 Å². The average molecular weight is 326 g/mol. The number of para-hydroxylation sites is 1. The highest BCUT2D eigenvalue weighted by molar-refractivity contribution is 6.00. The Kier molecular flexibility index (Phi) is 4.37. The molecule has 24 heavy (non-hydrogen) atoms. The predicted molar refractivity (Wildman–Crippen MR) is 89.3 cm³/mol. The molecule has 0 fully saturated rings. The van der Waals surface area contributed by atoms with Gasteiger partial charge in [-0.1, -0.05) is 18.2 Å². The minimum Gasteiger partial charge on any atom is -0.496 e. The maximum Gasteiger partial charge on any atom is 0.265 e. The highest BCUT2D eigenvalue weighted by Crippen LogP contribution is 2.30. The molecule has 0 spiro atoms. The number of rotatable bonds is 4. The van der Waals surface area contributed by atoms with Gasteiger partial charge in [-0.2, -0.15) is 0 Å². The summed E-state index contributed by atoms with van der Waals surface area (Å²) < 4.78 is 10.7. The zero-order valence-electron chi connectivity index (χ0n) is 13.5. The second-order valence-electron chi connectivity index (χ2n) is 5.45. The summed E-state index contributed by atoms with van der Waals surface area (Å²) in [5, 5.41) is 5.58. The standard InChI is InChI=1S/C18H18N2O4/c1-11-17(21)20-14-9-12(7-8-16(14)24-11)18(22)19-10-13-5-3-4-6-15(13)23-2/h3-9,11H,10H2,1-2H3,(H,19,22)(H,20,21). The molecule has 1 heterocycles. The number of methoxy groups -OCH3 is 1. The van der Waals surface area contributed by atoms with Crippen molar-refractivity contribution in [2.24, 2.45) is 0 Å². The van der Waals surface area contributed by atoms with Crippen molar-refractivity contribution in [2.75, 3.05) is 12.4 Å². The van der Waals surface area contributed by atoms with Crippen LogP contribution in [0.1, 0.15) is 22.8 Å². The van der Waals surface area contributed by atoms with Gasteiger partial charge in [0.25, 0.3) is 11.8 Å². The van der Waals surface area contributed by atoms with Crippen molar-refractivity contribution >= 4 is 17.5 Å². The van der Waals surface area contributed by atoms with E-state index in [-0.39, 0.29) is 11.8 Å². The fourth-order valence-corrected chi connectivity index (χ4v) is 2.48. The smallest absolute Gasteiger partial charge is 0.265 e. The molecule has 2 aromatic rings. The first-order valence-corrected chi connectivity index (χ1v) is 7.60. The van der Waals surface area contributed by atoms with Gasteiger partial charge in [-0.05, 0) is 31.2 Å². The molecule has 2 N–H and O–H groups in total. The molecular weight excluding hydrogens is 308 g/mol. The molecule has 6 heteroatoms. The van der Waals surface area contributed by atoms with E-state index < -0.39 is 6.10 Å². The molecule has 6 nitrogen and oxygen atoms in total. The number of hydrogen-bond donors (Lipinski definition) is 2. The van der Waals surface area contributed by atoms with Crippen LogP contribution in [0, 0.1) is 0 Å². The fraction of sp³-hybridized carbons (Fsp3) is 0.222. The van der Waals surface area contributed by atoms with Gasteiger partial charge < -0.3 is 20.1 Å². The van der Waals surface area contributed by atoms with E-state index in [1.54, 1.807) is 32.2 Å². The van der Waals surface area contributed by atoms with Crippen molar-refractivity contribution in [1.82, 2.24) is 5.32 Å². The molecule has 1 atom stereocenters. The van der Waals surface area contributed by atoms with Gasteiger partial charge >= 0.3 is 0 Å². The van der Waals surface area contributed by atoms with E-state index >= 15 is 0 Å². The van der Waals surface area contributed by atoms with Gasteiger partial charge in [-0.15, -0.1) is 0 Å². The van der Waals surface area contributed by atoms with Crippen molar-refractivity contribution in [3.05, 3.63) is 53.6 Å². The van der Waals surface area contributed by atoms with Crippen LogP contribution < -0.4 is 20.1 Å². The minimum absolute atomic E-state index is 0.228. The Morgan fingerprint density at radius 1 is 1.29 bits per heavy atom. The lowest BCUT2D eigenvalue weighted by atomic mass is 10.1. The quantitative estimate of drug-likeness (QED) is 0.904. The van der Waals surface area contributed by atoms with E-state index in [1.807, 2.05) is 24.3 Å². The predicted octanol–water partition coefficient (Wildman–Crippen LogP) is 2.34. The van der Waals surface area contributed by atoms with Gasteiger partial charge in [0.2, 0.25) is 0 Å². The van der Waals surface area contributed by atoms with Crippen LogP contribution >= 0.6 is 0 Å². The van der Waals surface area contributed by atoms with Crippen molar-refractivity contribution in [3.8, 4) is 11.5 Å². The summed E-state index contributed by atoms with van der Waals surface area (Å²) in [6.07, 6.45) is -0.539. The van der Waals surface area contributed by atoms with Crippen LogP contribution in [0.25, 0.3) is 0 Å². The molecule has 2 amide bonds. The second-order valence-corrected chi connectivity index (χ2v) is 5.45. The molecule has 0 radical (unpaired) electrons. The fourth-order valence-electron chi connectivity index (χ4n) is 2.48. The first-order valence-electron chi connectivity index (χ1n) is 7.60. The molecule has 1 aliphatic heterocycles. The zero-order chi connectivity index (χ0) is 17.1. The van der Waals surface area contributed by atoms with Gasteiger partial charge in [-0.3, -0.25) is 9.59 Å². The van der Waals surface area contributed by atoms with Crippen molar-refractivity contribution in [3.63, 3.8) is 0 Å². The molecule has 0 aliphatic carbocycles. The number of amides is 2. The third-order valence-corrected chi connectivity index (χ3v) is 3.80. The number of fused-ring (bicyclic) bond motifs is 1. The van der Waals surface area contributed by atoms with Gasteiger partial charge in [0.05, 0.1) is 12.8 Å². The van der Waals surface area contributed by atoms with E-state index in [2.05, 4.69) is 10.6 Å². The van der Waals surface area contributed by atoms with Crippen LogP contribution in [-0.4, -0.2) is 25.0 Å². The Morgan fingerprint density at radius 3 is 2.88 bits per heavy atom. The first kappa shape index (κ1) is 15.9. The van der Waals surface area contributed by atoms with Gasteiger partial charge in [0.1, 0.15) is 11.5 Å². The van der Waals surface area contributed by atoms with E-state index in [1.165, 1.54) is 0 Å². The van der Waals surface area contributed by atoms with E-state index in [4.69, 9.17) is 9.47 Å². The van der Waals surface area contributed by atoms with Crippen LogP contribution in [0.3, 0.4) is 0 Å². The summed E-state index contributed by atoms with van der Waals surface area (Å²) in [4.78, 5) is 24.0. The van der Waals surface area contributed by atoms with Crippen molar-refractivity contribution in [2.45, 2.75) is 19.6 Å². The summed E-state index contributed by atoms with van der Waals surface area (Å²) in [5.41, 5.74) is 1.84. The lowest BCUT2D eigenvalue weighted by Crippen LogP contribution is -2.34. The van der Waals surface area contributed by atoms with E-state index in [0.29, 0.717) is 23.5 Å². The third-order valence-electron chi connectivity index (χ3n) is 3.80. The zero-order valence-corrected chi connectivity index (χ0v) is 13.5. The SMILES string of the molecule is COc1ccccc1CNC(=O)c1ccc2c(c1)NC(=O)C(C)O2. The lowest BCUT2D eigenvalue weighted by molar-refractivity contribution is -0.122. The Balaban J connectivity index is 1.72. The van der Waals surface area contributed by atoms with E-state index in [0.717, 1.165) is 11.3 Å². The van der Waals surface area contributed by atoms with E-state index in [9.17, 15) is 9.59 Å². The minimum atomic E-state index is -0.539. The lowest BCUT2D eigenvalue weighted by Gasteiger charge is -2.23. The summed E-state index contributed by atoms with van der Waals surface area (Å²) in [6.45, 7) is 2.02. The summed E-state index contributed by atoms with van der Waals surface area (Å²) >= 11 is 0. The van der Waals surface area contributed by atoms with Crippen LogP contribution in [-0.2, 0) is 11.3 Å². The van der Waals surface area contributed by atoms with Gasteiger partial charge in [-0.25, -0.2) is 0 Å². The topological polar surface area (TPSA) is 76.7 Å². The highest BCUT2D eigenvalue weighted by Gasteiger charge is 2.24. The molecule has 1 aliphatic rings. The maximum atomic E-state index is 12.3. The largest absolute Gasteiger partial charge is 0.496 e. The van der Waals surface area contributed by atoms with Gasteiger partial charge in [0.15, 0.2) is 6.10 Å². The first-order chi connectivity index (χ1) is 11.6. The number of ether oxygens (including phenoxy) is 2. The summed E-state index contributed by atoms with van der Waals surface area (Å²) in [7, 11) is 1.59. The number of carbonyl (C=O) groups is 2. The average Bonchev–Trinajstić information content (AvgIpc) is 2.60. The molecular formula is C18H18N2O4. The molecule has 0 bridgehead atoms. The Labute approximate surface area is 139 Å². The van der Waals surface area contributed by atoms with Gasteiger partial charge in [0, 0.05) is 17.7 Å². The van der Waals surface area contributed by atoms with Crippen LogP contribution in [0.15, 0.2) is 42.5 Å². The summed E-state index contributed by atoms with van der Waals surface area (Å²) in [6, 6.07) is 12.4. The Bertz CT molecular complexity index is 788. The second kappa shape index (κ2) is 6.62.